The first-order valence-electron chi connectivity index (χ1n) is 3.79. The van der Waals surface area contributed by atoms with Crippen molar-refractivity contribution in [3.8, 4) is 0 Å². The van der Waals surface area contributed by atoms with Crippen LogP contribution in [0.1, 0.15) is 20.7 Å². The maximum Gasteiger partial charge on any atom is 0.197 e. The lowest BCUT2D eigenvalue weighted by Crippen LogP contribution is -1.97. The number of hydrogen-bond acceptors (Lipinski definition) is 3. The molecule has 0 aliphatic heterocycles. The summed E-state index contributed by atoms with van der Waals surface area (Å²) in [7, 11) is 0. The van der Waals surface area contributed by atoms with Crippen LogP contribution in [0.5, 0.6) is 0 Å². The molecule has 1 aromatic rings. The van der Waals surface area contributed by atoms with Gasteiger partial charge in [0.1, 0.15) is 0 Å². The molecule has 0 saturated heterocycles. The van der Waals surface area contributed by atoms with E-state index in [1.54, 1.807) is 12.1 Å². The predicted octanol–water partition coefficient (Wildman–Crippen LogP) is 1.20. The Morgan fingerprint density at radius 3 is 2.38 bits per heavy atom. The Morgan fingerprint density at radius 2 is 1.69 bits per heavy atom. The molecule has 13 heavy (non-hydrogen) atoms. The quantitative estimate of drug-likeness (QED) is 0.364. The normalized spacial score (nSPS) is 14.9. The van der Waals surface area contributed by atoms with E-state index in [1.165, 1.54) is 6.07 Å². The molecule has 0 saturated carbocycles. The molecule has 0 atom stereocenters. The number of Topliss-reactive ketones (excluding diaryl/α,β-unsaturated/α-hetero) is 2. The van der Waals surface area contributed by atoms with Gasteiger partial charge < -0.3 is 5.73 Å². The molecular weight excluding hydrogens is 166 g/mol. The number of hydrogen-bond donors (Lipinski definition) is 1. The highest BCUT2D eigenvalue weighted by atomic mass is 16.2. The van der Waals surface area contributed by atoms with Crippen LogP contribution in [-0.2, 0) is 0 Å². The average Bonchev–Trinajstić information content (AvgIpc) is 2.32. The van der Waals surface area contributed by atoms with Crippen molar-refractivity contribution in [2.24, 2.45) is 0 Å². The molecule has 1 aromatic carbocycles. The maximum absolute atomic E-state index is 11.4. The molecule has 3 nitrogen and oxygen atoms in total. The van der Waals surface area contributed by atoms with Crippen molar-refractivity contribution >= 4 is 17.3 Å². The fourth-order valence-corrected chi connectivity index (χ4v) is 1.38. The van der Waals surface area contributed by atoms with Gasteiger partial charge in [-0.05, 0) is 18.2 Å². The molecule has 1 aliphatic carbocycles. The summed E-state index contributed by atoms with van der Waals surface area (Å²) >= 11 is 0. The van der Waals surface area contributed by atoms with Gasteiger partial charge in [0.25, 0.3) is 0 Å². The second-order valence-corrected chi connectivity index (χ2v) is 2.94. The minimum atomic E-state index is -0.313. The summed E-state index contributed by atoms with van der Waals surface area (Å²) in [6, 6.07) is 4.67. The minimum absolute atomic E-state index is 0.0283. The highest BCUT2D eigenvalue weighted by molar-refractivity contribution is 6.39. The lowest BCUT2D eigenvalue weighted by molar-refractivity contribution is 0.0989. The lowest BCUT2D eigenvalue weighted by Gasteiger charge is -1.95. The average molecular weight is 173 g/mol. The molecule has 0 spiro atoms. The highest BCUT2D eigenvalue weighted by Crippen LogP contribution is 2.26. The molecule has 0 aromatic heterocycles. The summed E-state index contributed by atoms with van der Waals surface area (Å²) in [5, 5.41) is 0. The van der Waals surface area contributed by atoms with E-state index in [4.69, 9.17) is 5.73 Å². The van der Waals surface area contributed by atoms with Gasteiger partial charge in [0.15, 0.2) is 11.6 Å². The summed E-state index contributed by atoms with van der Waals surface area (Å²) in [5.41, 5.74) is 6.78. The van der Waals surface area contributed by atoms with Crippen LogP contribution in [0.15, 0.2) is 30.4 Å². The van der Waals surface area contributed by atoms with Gasteiger partial charge in [-0.2, -0.15) is 0 Å². The Balaban J connectivity index is 2.74. The Kier molecular flexibility index (Phi) is 1.36. The second kappa shape index (κ2) is 2.29. The molecule has 2 rings (SSSR count). The zero-order valence-corrected chi connectivity index (χ0v) is 6.83. The Bertz CT molecular complexity index is 446. The van der Waals surface area contributed by atoms with Gasteiger partial charge in [0, 0.05) is 16.8 Å². The molecule has 0 fully saturated rings. The zero-order valence-electron chi connectivity index (χ0n) is 6.83. The number of allylic oxidation sites excluding steroid dienone is 1. The summed E-state index contributed by atoms with van der Waals surface area (Å²) in [6.45, 7) is 3.42. The first kappa shape index (κ1) is 7.73. The minimum Gasteiger partial charge on any atom is -0.399 e. The van der Waals surface area contributed by atoms with Gasteiger partial charge in [-0.25, -0.2) is 0 Å². The van der Waals surface area contributed by atoms with E-state index in [1.807, 2.05) is 0 Å². The number of benzene rings is 1. The third kappa shape index (κ3) is 0.902. The number of ketones is 2. The Morgan fingerprint density at radius 1 is 1.08 bits per heavy atom. The van der Waals surface area contributed by atoms with Gasteiger partial charge in [-0.1, -0.05) is 6.58 Å². The lowest BCUT2D eigenvalue weighted by atomic mass is 10.1. The van der Waals surface area contributed by atoms with Gasteiger partial charge in [0.2, 0.25) is 0 Å². The molecule has 2 N–H and O–H groups in total. The highest BCUT2D eigenvalue weighted by Gasteiger charge is 2.31. The van der Waals surface area contributed by atoms with E-state index < -0.39 is 0 Å². The van der Waals surface area contributed by atoms with Crippen LogP contribution in [0.2, 0.25) is 0 Å². The number of rotatable bonds is 0. The van der Waals surface area contributed by atoms with Crippen molar-refractivity contribution in [1.29, 1.82) is 0 Å². The van der Waals surface area contributed by atoms with Crippen LogP contribution in [-0.4, -0.2) is 11.6 Å². The zero-order chi connectivity index (χ0) is 9.59. The fraction of sp³-hybridized carbons (Fsp3) is 0. The second-order valence-electron chi connectivity index (χ2n) is 2.94. The number of nitrogen functional groups attached to an aromatic ring is 1. The number of carbonyl (C=O) groups excluding carboxylic acids is 2. The molecule has 0 unspecified atom stereocenters. The molecule has 0 radical (unpaired) electrons. The Hall–Kier alpha value is -1.90. The van der Waals surface area contributed by atoms with Crippen molar-refractivity contribution in [3.05, 3.63) is 41.5 Å². The largest absolute Gasteiger partial charge is 0.399 e. The van der Waals surface area contributed by atoms with Crippen LogP contribution in [0.25, 0.3) is 0 Å². The third-order valence-electron chi connectivity index (χ3n) is 2.08. The van der Waals surface area contributed by atoms with Gasteiger partial charge in [0.05, 0.1) is 5.57 Å². The molecular formula is C10H7NO2. The van der Waals surface area contributed by atoms with E-state index in [-0.39, 0.29) is 17.1 Å². The van der Waals surface area contributed by atoms with Crippen LogP contribution in [0, 0.1) is 0 Å². The predicted molar refractivity (Wildman–Crippen MR) is 48.7 cm³/mol. The van der Waals surface area contributed by atoms with E-state index >= 15 is 0 Å². The smallest absolute Gasteiger partial charge is 0.197 e. The van der Waals surface area contributed by atoms with Crippen LogP contribution < -0.4 is 5.73 Å². The standard InChI is InChI=1S/C10H7NO2/c1-5-9(12)7-3-2-6(11)4-8(7)10(5)13/h2-4H,1,11H2. The van der Waals surface area contributed by atoms with Crippen molar-refractivity contribution in [1.82, 2.24) is 0 Å². The monoisotopic (exact) mass is 173 g/mol. The summed E-state index contributed by atoms with van der Waals surface area (Å²) < 4.78 is 0. The SMILES string of the molecule is C=C1C(=O)c2ccc(N)cc2C1=O. The van der Waals surface area contributed by atoms with Crippen molar-refractivity contribution < 1.29 is 9.59 Å². The summed E-state index contributed by atoms with van der Waals surface area (Å²) in [5.74, 6) is -0.604. The molecule has 0 bridgehead atoms. The number of nitrogens with two attached hydrogens (primary N) is 1. The van der Waals surface area contributed by atoms with Crippen molar-refractivity contribution in [3.63, 3.8) is 0 Å². The molecule has 64 valence electrons. The third-order valence-corrected chi connectivity index (χ3v) is 2.08. The van der Waals surface area contributed by atoms with Crippen molar-refractivity contribution in [2.75, 3.05) is 5.73 Å². The van der Waals surface area contributed by atoms with Gasteiger partial charge in [-0.15, -0.1) is 0 Å². The van der Waals surface area contributed by atoms with E-state index in [2.05, 4.69) is 6.58 Å². The molecule has 0 heterocycles. The van der Waals surface area contributed by atoms with Crippen LogP contribution >= 0.6 is 0 Å². The summed E-state index contributed by atoms with van der Waals surface area (Å²) in [6.07, 6.45) is 0. The van der Waals surface area contributed by atoms with E-state index in [0.717, 1.165) is 0 Å². The van der Waals surface area contributed by atoms with Gasteiger partial charge in [-0.3, -0.25) is 9.59 Å². The van der Waals surface area contributed by atoms with E-state index in [9.17, 15) is 9.59 Å². The van der Waals surface area contributed by atoms with E-state index in [0.29, 0.717) is 16.8 Å². The topological polar surface area (TPSA) is 60.2 Å². The summed E-state index contributed by atoms with van der Waals surface area (Å²) in [4.78, 5) is 22.7. The van der Waals surface area contributed by atoms with Gasteiger partial charge >= 0.3 is 0 Å². The fourth-order valence-electron chi connectivity index (χ4n) is 1.38. The molecule has 0 amide bonds. The number of fused-ring (bicyclic) bond motifs is 1. The Labute approximate surface area is 74.9 Å². The number of carbonyl (C=O) groups is 2. The van der Waals surface area contributed by atoms with Crippen LogP contribution in [0.3, 0.4) is 0 Å². The van der Waals surface area contributed by atoms with Crippen LogP contribution in [0.4, 0.5) is 5.69 Å². The first-order chi connectivity index (χ1) is 6.11. The molecule has 3 heteroatoms. The first-order valence-corrected chi connectivity index (χ1v) is 3.79. The number of anilines is 1. The maximum atomic E-state index is 11.4. The van der Waals surface area contributed by atoms with Crippen molar-refractivity contribution in [2.45, 2.75) is 0 Å². The molecule has 1 aliphatic rings.